The molecule has 6 heteroatoms. The van der Waals surface area contributed by atoms with Crippen molar-refractivity contribution in [3.63, 3.8) is 0 Å². The first-order chi connectivity index (χ1) is 10.7. The van der Waals surface area contributed by atoms with Crippen molar-refractivity contribution in [3.8, 4) is 0 Å². The number of aliphatic carboxylic acids is 1. The average molecular weight is 321 g/mol. The number of hydrogen-bond acceptors (Lipinski definition) is 3. The fraction of sp³-hybridized carbons (Fsp3) is 0.706. The number of hydrogen-bond donors (Lipinski definition) is 2. The van der Waals surface area contributed by atoms with Crippen LogP contribution < -0.4 is 5.32 Å². The zero-order chi connectivity index (χ0) is 17.3. The number of aromatic nitrogens is 2. The van der Waals surface area contributed by atoms with Crippen LogP contribution in [-0.2, 0) is 10.3 Å². The van der Waals surface area contributed by atoms with Crippen LogP contribution in [0.5, 0.6) is 0 Å². The predicted molar refractivity (Wildman–Crippen MR) is 87.4 cm³/mol. The first-order valence-corrected chi connectivity index (χ1v) is 8.24. The highest BCUT2D eigenvalue weighted by atomic mass is 16.4. The van der Waals surface area contributed by atoms with E-state index in [-0.39, 0.29) is 18.0 Å². The van der Waals surface area contributed by atoms with E-state index in [2.05, 4.69) is 10.4 Å². The fourth-order valence-electron chi connectivity index (χ4n) is 3.35. The van der Waals surface area contributed by atoms with Gasteiger partial charge >= 0.3 is 5.97 Å². The minimum atomic E-state index is -0.818. The van der Waals surface area contributed by atoms with Crippen molar-refractivity contribution in [2.24, 2.45) is 5.41 Å². The lowest BCUT2D eigenvalue weighted by Crippen LogP contribution is -2.44. The Balaban J connectivity index is 2.10. The van der Waals surface area contributed by atoms with Gasteiger partial charge in [-0.15, -0.1) is 0 Å². The predicted octanol–water partition coefficient (Wildman–Crippen LogP) is 2.71. The highest BCUT2D eigenvalue weighted by Crippen LogP contribution is 2.36. The number of carbonyl (C=O) groups is 2. The molecular formula is C17H27N3O3. The van der Waals surface area contributed by atoms with Crippen molar-refractivity contribution in [1.29, 1.82) is 0 Å². The van der Waals surface area contributed by atoms with Crippen LogP contribution in [0.1, 0.15) is 68.9 Å². The summed E-state index contributed by atoms with van der Waals surface area (Å²) in [5, 5.41) is 16.7. The highest BCUT2D eigenvalue weighted by molar-refractivity contribution is 5.95. The number of carbonyl (C=O) groups excluding carboxylic acids is 1. The van der Waals surface area contributed by atoms with Crippen LogP contribution in [-0.4, -0.2) is 33.3 Å². The summed E-state index contributed by atoms with van der Waals surface area (Å²) in [6, 6.07) is 0. The quantitative estimate of drug-likeness (QED) is 0.893. The Morgan fingerprint density at radius 3 is 2.39 bits per heavy atom. The average Bonchev–Trinajstić information content (AvgIpc) is 2.87. The largest absolute Gasteiger partial charge is 0.481 e. The van der Waals surface area contributed by atoms with E-state index in [1.807, 2.05) is 32.4 Å². The van der Waals surface area contributed by atoms with Gasteiger partial charge in [-0.2, -0.15) is 5.10 Å². The molecule has 0 saturated heterocycles. The minimum Gasteiger partial charge on any atom is -0.481 e. The second-order valence-corrected chi connectivity index (χ2v) is 7.56. The Labute approximate surface area is 137 Å². The lowest BCUT2D eigenvalue weighted by molar-refractivity contribution is -0.150. The molecule has 1 heterocycles. The second-order valence-electron chi connectivity index (χ2n) is 7.56. The van der Waals surface area contributed by atoms with Crippen LogP contribution >= 0.6 is 0 Å². The van der Waals surface area contributed by atoms with Crippen molar-refractivity contribution in [2.75, 3.05) is 6.54 Å². The van der Waals surface area contributed by atoms with Crippen molar-refractivity contribution < 1.29 is 14.7 Å². The molecule has 0 spiro atoms. The molecule has 0 bridgehead atoms. The van der Waals surface area contributed by atoms with Crippen LogP contribution in [0.3, 0.4) is 0 Å². The van der Waals surface area contributed by atoms with Crippen molar-refractivity contribution in [2.45, 2.75) is 65.3 Å². The number of rotatable bonds is 4. The van der Waals surface area contributed by atoms with Crippen LogP contribution in [0.4, 0.5) is 0 Å². The van der Waals surface area contributed by atoms with Gasteiger partial charge in [0.2, 0.25) is 0 Å². The molecule has 6 nitrogen and oxygen atoms in total. The van der Waals surface area contributed by atoms with E-state index in [0.29, 0.717) is 18.4 Å². The summed E-state index contributed by atoms with van der Waals surface area (Å²) in [6.45, 7) is 8.12. The molecule has 1 fully saturated rings. The zero-order valence-electron chi connectivity index (χ0n) is 14.5. The summed E-state index contributed by atoms with van der Waals surface area (Å²) in [5.41, 5.74) is 0.287. The maximum Gasteiger partial charge on any atom is 0.311 e. The first kappa shape index (κ1) is 17.5. The van der Waals surface area contributed by atoms with Gasteiger partial charge in [-0.3, -0.25) is 14.3 Å². The van der Waals surface area contributed by atoms with Gasteiger partial charge in [0.05, 0.1) is 22.7 Å². The maximum absolute atomic E-state index is 12.5. The molecular weight excluding hydrogens is 294 g/mol. The lowest BCUT2D eigenvalue weighted by Gasteiger charge is -2.33. The lowest BCUT2D eigenvalue weighted by atomic mass is 9.74. The standard InChI is InChI=1S/C17H27N3O3/c1-12-13(10-19-20(12)16(2,3)4)14(21)18-11-17(15(22)23)8-6-5-7-9-17/h10H,5-9,11H2,1-4H3,(H,18,21)(H,22,23). The van der Waals surface area contributed by atoms with Gasteiger partial charge in [0.25, 0.3) is 5.91 Å². The smallest absolute Gasteiger partial charge is 0.311 e. The molecule has 1 aliphatic carbocycles. The molecule has 0 atom stereocenters. The van der Waals surface area contributed by atoms with Gasteiger partial charge in [-0.05, 0) is 40.5 Å². The molecule has 0 radical (unpaired) electrons. The second kappa shape index (κ2) is 6.34. The Morgan fingerprint density at radius 1 is 1.30 bits per heavy atom. The van der Waals surface area contributed by atoms with Gasteiger partial charge in [-0.25, -0.2) is 0 Å². The van der Waals surface area contributed by atoms with E-state index >= 15 is 0 Å². The Bertz CT molecular complexity index is 593. The van der Waals surface area contributed by atoms with Crippen LogP contribution in [0.25, 0.3) is 0 Å². The van der Waals surface area contributed by atoms with E-state index < -0.39 is 11.4 Å². The van der Waals surface area contributed by atoms with Gasteiger partial charge in [0, 0.05) is 12.2 Å². The molecule has 1 saturated carbocycles. The summed E-state index contributed by atoms with van der Waals surface area (Å²) in [5.74, 6) is -1.05. The molecule has 0 unspecified atom stereocenters. The summed E-state index contributed by atoms with van der Waals surface area (Å²) in [6.07, 6.45) is 5.70. The molecule has 0 aliphatic heterocycles. The van der Waals surface area contributed by atoms with Crippen molar-refractivity contribution in [3.05, 3.63) is 17.5 Å². The SMILES string of the molecule is Cc1c(C(=O)NCC2(C(=O)O)CCCCC2)cnn1C(C)(C)C. The summed E-state index contributed by atoms with van der Waals surface area (Å²) in [7, 11) is 0. The fourth-order valence-corrected chi connectivity index (χ4v) is 3.35. The molecule has 2 rings (SSSR count). The first-order valence-electron chi connectivity index (χ1n) is 8.24. The molecule has 128 valence electrons. The van der Waals surface area contributed by atoms with Crippen LogP contribution in [0, 0.1) is 12.3 Å². The third-order valence-corrected chi connectivity index (χ3v) is 4.74. The van der Waals surface area contributed by atoms with Gasteiger partial charge in [0.15, 0.2) is 0 Å². The third kappa shape index (κ3) is 3.57. The minimum absolute atomic E-state index is 0.182. The van der Waals surface area contributed by atoms with Gasteiger partial charge in [-0.1, -0.05) is 19.3 Å². The van der Waals surface area contributed by atoms with Crippen LogP contribution in [0.15, 0.2) is 6.20 Å². The number of nitrogens with zero attached hydrogens (tertiary/aromatic N) is 2. The van der Waals surface area contributed by atoms with Crippen LogP contribution in [0.2, 0.25) is 0 Å². The molecule has 1 aromatic heterocycles. The molecule has 0 aromatic carbocycles. The Morgan fingerprint density at radius 2 is 1.91 bits per heavy atom. The monoisotopic (exact) mass is 321 g/mol. The molecule has 23 heavy (non-hydrogen) atoms. The highest BCUT2D eigenvalue weighted by Gasteiger charge is 2.40. The summed E-state index contributed by atoms with van der Waals surface area (Å²) < 4.78 is 1.81. The van der Waals surface area contributed by atoms with Gasteiger partial charge < -0.3 is 10.4 Å². The Kier molecular flexibility index (Phi) is 4.82. The normalized spacial score (nSPS) is 17.7. The van der Waals surface area contributed by atoms with E-state index in [1.54, 1.807) is 6.20 Å². The third-order valence-electron chi connectivity index (χ3n) is 4.74. The van der Waals surface area contributed by atoms with E-state index in [4.69, 9.17) is 0 Å². The number of amides is 1. The number of nitrogens with one attached hydrogen (secondary N) is 1. The van der Waals surface area contributed by atoms with E-state index in [1.165, 1.54) is 0 Å². The summed E-state index contributed by atoms with van der Waals surface area (Å²) >= 11 is 0. The summed E-state index contributed by atoms with van der Waals surface area (Å²) in [4.78, 5) is 24.1. The number of carboxylic acid groups (broad SMARTS) is 1. The molecule has 1 aromatic rings. The maximum atomic E-state index is 12.5. The van der Waals surface area contributed by atoms with Gasteiger partial charge in [0.1, 0.15) is 0 Å². The van der Waals surface area contributed by atoms with E-state index in [9.17, 15) is 14.7 Å². The topological polar surface area (TPSA) is 84.2 Å². The Hall–Kier alpha value is -1.85. The molecule has 1 aliphatic rings. The molecule has 2 N–H and O–H groups in total. The van der Waals surface area contributed by atoms with Crippen molar-refractivity contribution in [1.82, 2.24) is 15.1 Å². The van der Waals surface area contributed by atoms with E-state index in [0.717, 1.165) is 25.0 Å². The number of carboxylic acids is 1. The molecule has 1 amide bonds. The zero-order valence-corrected chi connectivity index (χ0v) is 14.5. The van der Waals surface area contributed by atoms with Crippen molar-refractivity contribution >= 4 is 11.9 Å².